The third-order valence-electron chi connectivity index (χ3n) is 3.70. The Balaban J connectivity index is 2.30. The van der Waals surface area contributed by atoms with E-state index in [4.69, 9.17) is 0 Å². The summed E-state index contributed by atoms with van der Waals surface area (Å²) in [5.41, 5.74) is 6.38. The lowest BCUT2D eigenvalue weighted by Crippen LogP contribution is -2.47. The molecule has 1 aromatic rings. The number of carbonyl (C=O) groups excluding carboxylic acids is 2. The predicted molar refractivity (Wildman–Crippen MR) is 88.5 cm³/mol. The van der Waals surface area contributed by atoms with Gasteiger partial charge in [0.25, 0.3) is 5.91 Å². The zero-order valence-corrected chi connectivity index (χ0v) is 13.7. The highest BCUT2D eigenvalue weighted by Gasteiger charge is 2.09. The molecule has 0 bridgehead atoms. The van der Waals surface area contributed by atoms with E-state index >= 15 is 0 Å². The molecule has 122 valence electrons. The minimum absolute atomic E-state index is 0.326. The van der Waals surface area contributed by atoms with Crippen LogP contribution in [0.4, 0.5) is 4.79 Å². The highest BCUT2D eigenvalue weighted by atomic mass is 16.2. The Morgan fingerprint density at radius 3 is 2.36 bits per heavy atom. The smallest absolute Gasteiger partial charge is 0.333 e. The van der Waals surface area contributed by atoms with E-state index in [1.807, 2.05) is 19.1 Å². The highest BCUT2D eigenvalue weighted by Crippen LogP contribution is 2.10. The Kier molecular flexibility index (Phi) is 8.04. The molecule has 0 saturated carbocycles. The van der Waals surface area contributed by atoms with Crippen LogP contribution in [-0.4, -0.2) is 18.5 Å². The van der Waals surface area contributed by atoms with Gasteiger partial charge in [0, 0.05) is 12.1 Å². The molecule has 0 aromatic heterocycles. The molecule has 5 heteroatoms. The largest absolute Gasteiger partial charge is 0.336 e. The van der Waals surface area contributed by atoms with Crippen molar-refractivity contribution in [3.8, 4) is 0 Å². The van der Waals surface area contributed by atoms with Crippen molar-refractivity contribution in [2.75, 3.05) is 6.54 Å². The molecule has 0 spiro atoms. The zero-order chi connectivity index (χ0) is 16.4. The van der Waals surface area contributed by atoms with Crippen molar-refractivity contribution in [2.45, 2.75) is 46.5 Å². The number of rotatable bonds is 7. The van der Waals surface area contributed by atoms with Gasteiger partial charge in [-0.05, 0) is 31.4 Å². The number of amides is 3. The van der Waals surface area contributed by atoms with Crippen LogP contribution in [0.15, 0.2) is 24.3 Å². The molecule has 5 nitrogen and oxygen atoms in total. The van der Waals surface area contributed by atoms with Crippen LogP contribution in [0.5, 0.6) is 0 Å². The van der Waals surface area contributed by atoms with E-state index in [-0.39, 0.29) is 11.9 Å². The first kappa shape index (κ1) is 18.0. The van der Waals surface area contributed by atoms with Crippen LogP contribution >= 0.6 is 0 Å². The molecule has 1 aromatic carbocycles. The number of benzene rings is 1. The van der Waals surface area contributed by atoms with Gasteiger partial charge in [0.15, 0.2) is 0 Å². The number of nitrogens with one attached hydrogen (secondary N) is 3. The van der Waals surface area contributed by atoms with Crippen molar-refractivity contribution in [3.05, 3.63) is 35.4 Å². The maximum absolute atomic E-state index is 11.8. The average molecular weight is 305 g/mol. The number of urea groups is 1. The Morgan fingerprint density at radius 2 is 1.77 bits per heavy atom. The SMILES string of the molecule is CCCC[C@H](CC)CNC(=O)NNC(=O)c1ccc(C)cc1. The van der Waals surface area contributed by atoms with Crippen LogP contribution in [0, 0.1) is 12.8 Å². The van der Waals surface area contributed by atoms with Gasteiger partial charge in [-0.3, -0.25) is 10.2 Å². The highest BCUT2D eigenvalue weighted by molar-refractivity contribution is 5.95. The Bertz CT molecular complexity index is 471. The minimum Gasteiger partial charge on any atom is -0.336 e. The second kappa shape index (κ2) is 9.82. The van der Waals surface area contributed by atoms with E-state index in [9.17, 15) is 9.59 Å². The number of hydrogen-bond acceptors (Lipinski definition) is 2. The first-order valence-electron chi connectivity index (χ1n) is 7.97. The van der Waals surface area contributed by atoms with Crippen LogP contribution in [-0.2, 0) is 0 Å². The van der Waals surface area contributed by atoms with Gasteiger partial charge >= 0.3 is 6.03 Å². The molecule has 22 heavy (non-hydrogen) atoms. The van der Waals surface area contributed by atoms with E-state index < -0.39 is 0 Å². The van der Waals surface area contributed by atoms with E-state index in [0.717, 1.165) is 24.8 Å². The molecule has 3 amide bonds. The fourth-order valence-corrected chi connectivity index (χ4v) is 2.12. The minimum atomic E-state index is -0.379. The summed E-state index contributed by atoms with van der Waals surface area (Å²) in [5.74, 6) is 0.159. The monoisotopic (exact) mass is 305 g/mol. The summed E-state index contributed by atoms with van der Waals surface area (Å²) in [6, 6.07) is 6.78. The first-order valence-corrected chi connectivity index (χ1v) is 7.97. The van der Waals surface area contributed by atoms with Crippen LogP contribution in [0.1, 0.15) is 55.5 Å². The fraction of sp³-hybridized carbons (Fsp3) is 0.529. The molecule has 0 heterocycles. The number of unbranched alkanes of at least 4 members (excludes halogenated alkanes) is 1. The molecule has 0 aliphatic rings. The summed E-state index contributed by atoms with van der Waals surface area (Å²) in [6.45, 7) is 6.87. The molecule has 1 atom stereocenters. The molecular weight excluding hydrogens is 278 g/mol. The summed E-state index contributed by atoms with van der Waals surface area (Å²) in [7, 11) is 0. The second-order valence-corrected chi connectivity index (χ2v) is 5.57. The Labute approximate surface area is 132 Å². The molecule has 0 radical (unpaired) electrons. The Hall–Kier alpha value is -2.04. The van der Waals surface area contributed by atoms with Crippen LogP contribution < -0.4 is 16.2 Å². The second-order valence-electron chi connectivity index (χ2n) is 5.57. The molecule has 1 rings (SSSR count). The van der Waals surface area contributed by atoms with Gasteiger partial charge in [-0.1, -0.05) is 50.8 Å². The first-order chi connectivity index (χ1) is 10.6. The Morgan fingerprint density at radius 1 is 1.09 bits per heavy atom. The van der Waals surface area contributed by atoms with E-state index in [0.29, 0.717) is 18.0 Å². The number of hydrazine groups is 1. The molecule has 0 aliphatic carbocycles. The molecule has 3 N–H and O–H groups in total. The van der Waals surface area contributed by atoms with Crippen molar-refractivity contribution < 1.29 is 9.59 Å². The summed E-state index contributed by atoms with van der Waals surface area (Å²) in [6.07, 6.45) is 4.49. The van der Waals surface area contributed by atoms with Crippen LogP contribution in [0.3, 0.4) is 0 Å². The topological polar surface area (TPSA) is 70.2 Å². The molecule has 0 fully saturated rings. The lowest BCUT2D eigenvalue weighted by atomic mass is 9.99. The van der Waals surface area contributed by atoms with Gasteiger partial charge in [0.1, 0.15) is 0 Å². The van der Waals surface area contributed by atoms with E-state index in [2.05, 4.69) is 30.0 Å². The predicted octanol–water partition coefficient (Wildman–Crippen LogP) is 3.16. The summed E-state index contributed by atoms with van der Waals surface area (Å²) in [4.78, 5) is 23.5. The van der Waals surface area contributed by atoms with Crippen LogP contribution in [0.2, 0.25) is 0 Å². The number of hydrogen-bond donors (Lipinski definition) is 3. The third-order valence-corrected chi connectivity index (χ3v) is 3.70. The van der Waals surface area contributed by atoms with Gasteiger partial charge in [-0.15, -0.1) is 0 Å². The van der Waals surface area contributed by atoms with E-state index in [1.165, 1.54) is 6.42 Å². The molecular formula is C17H27N3O2. The molecule has 0 unspecified atom stereocenters. The third kappa shape index (κ3) is 6.61. The van der Waals surface area contributed by atoms with Gasteiger partial charge < -0.3 is 5.32 Å². The van der Waals surface area contributed by atoms with Gasteiger partial charge in [0.2, 0.25) is 0 Å². The van der Waals surface area contributed by atoms with Crippen molar-refractivity contribution >= 4 is 11.9 Å². The normalized spacial score (nSPS) is 11.6. The van der Waals surface area contributed by atoms with Gasteiger partial charge in [0.05, 0.1) is 0 Å². The lowest BCUT2D eigenvalue weighted by molar-refractivity contribution is 0.0936. The molecule has 0 aliphatic heterocycles. The fourth-order valence-electron chi connectivity index (χ4n) is 2.12. The maximum Gasteiger partial charge on any atom is 0.333 e. The summed E-state index contributed by atoms with van der Waals surface area (Å²) in [5, 5.41) is 2.79. The quantitative estimate of drug-likeness (QED) is 0.677. The van der Waals surface area contributed by atoms with Crippen molar-refractivity contribution in [1.29, 1.82) is 0 Å². The van der Waals surface area contributed by atoms with Crippen molar-refractivity contribution in [2.24, 2.45) is 5.92 Å². The van der Waals surface area contributed by atoms with Crippen molar-refractivity contribution in [3.63, 3.8) is 0 Å². The summed E-state index contributed by atoms with van der Waals surface area (Å²) >= 11 is 0. The lowest BCUT2D eigenvalue weighted by Gasteiger charge is -2.15. The number of carbonyl (C=O) groups is 2. The standard InChI is InChI=1S/C17H27N3O2/c1-4-6-7-14(5-2)12-18-17(22)20-19-16(21)15-10-8-13(3)9-11-15/h8-11,14H,4-7,12H2,1-3H3,(H,19,21)(H2,18,20,22)/t14-/m0/s1. The molecule has 0 saturated heterocycles. The van der Waals surface area contributed by atoms with Crippen molar-refractivity contribution in [1.82, 2.24) is 16.2 Å². The number of aryl methyl sites for hydroxylation is 1. The zero-order valence-electron chi connectivity index (χ0n) is 13.7. The summed E-state index contributed by atoms with van der Waals surface area (Å²) < 4.78 is 0. The maximum atomic E-state index is 11.8. The van der Waals surface area contributed by atoms with Gasteiger partial charge in [-0.2, -0.15) is 0 Å². The van der Waals surface area contributed by atoms with E-state index in [1.54, 1.807) is 12.1 Å². The van der Waals surface area contributed by atoms with Crippen LogP contribution in [0.25, 0.3) is 0 Å². The average Bonchev–Trinajstić information content (AvgIpc) is 2.53. The van der Waals surface area contributed by atoms with Gasteiger partial charge in [-0.25, -0.2) is 10.2 Å².